The summed E-state index contributed by atoms with van der Waals surface area (Å²) >= 11 is 0. The van der Waals surface area contributed by atoms with Gasteiger partial charge in [0.1, 0.15) is 5.82 Å². The van der Waals surface area contributed by atoms with Gasteiger partial charge in [-0.3, -0.25) is 14.6 Å². The number of benzene rings is 1. The summed E-state index contributed by atoms with van der Waals surface area (Å²) in [6.45, 7) is 7.16. The van der Waals surface area contributed by atoms with E-state index in [-0.39, 0.29) is 18.4 Å². The lowest BCUT2D eigenvalue weighted by molar-refractivity contribution is -0.130. The maximum atomic E-state index is 12.5. The summed E-state index contributed by atoms with van der Waals surface area (Å²) in [5.41, 5.74) is 0.419. The molecule has 160 valence electrons. The van der Waals surface area contributed by atoms with Crippen LogP contribution in [-0.2, 0) is 4.79 Å². The lowest BCUT2D eigenvalue weighted by Gasteiger charge is -2.35. The van der Waals surface area contributed by atoms with E-state index in [0.29, 0.717) is 56.5 Å². The van der Waals surface area contributed by atoms with E-state index in [1.807, 2.05) is 13.8 Å². The van der Waals surface area contributed by atoms with Gasteiger partial charge in [0.2, 0.25) is 5.91 Å². The Balaban J connectivity index is 1.51. The maximum absolute atomic E-state index is 12.5. The molecule has 2 aromatic rings. The topological polar surface area (TPSA) is 96.9 Å². The number of carbonyl (C=O) groups excluding carboxylic acids is 2. The molecule has 0 unspecified atom stereocenters. The predicted octanol–water partition coefficient (Wildman–Crippen LogP) is 1.35. The van der Waals surface area contributed by atoms with Crippen molar-refractivity contribution in [3.05, 3.63) is 42.4 Å². The highest BCUT2D eigenvalue weighted by atomic mass is 16.5. The molecule has 2 heterocycles. The predicted molar refractivity (Wildman–Crippen MR) is 112 cm³/mol. The van der Waals surface area contributed by atoms with E-state index in [0.717, 1.165) is 5.82 Å². The zero-order chi connectivity index (χ0) is 21.3. The number of amides is 2. The minimum absolute atomic E-state index is 0.0544. The van der Waals surface area contributed by atoms with E-state index in [9.17, 15) is 9.59 Å². The Labute approximate surface area is 176 Å². The van der Waals surface area contributed by atoms with Crippen LogP contribution in [0.1, 0.15) is 24.2 Å². The maximum Gasteiger partial charge on any atom is 0.251 e. The van der Waals surface area contributed by atoms with Gasteiger partial charge < -0.3 is 24.6 Å². The highest BCUT2D eigenvalue weighted by Gasteiger charge is 2.22. The fraction of sp³-hybridized carbons (Fsp3) is 0.429. The molecule has 0 radical (unpaired) electrons. The van der Waals surface area contributed by atoms with Gasteiger partial charge in [0.25, 0.3) is 5.91 Å². The van der Waals surface area contributed by atoms with Gasteiger partial charge in [-0.2, -0.15) is 0 Å². The molecule has 0 atom stereocenters. The van der Waals surface area contributed by atoms with Gasteiger partial charge in [-0.25, -0.2) is 4.98 Å². The minimum atomic E-state index is -0.328. The van der Waals surface area contributed by atoms with Crippen LogP contribution in [0.2, 0.25) is 0 Å². The molecule has 1 aromatic carbocycles. The number of aromatic nitrogens is 2. The van der Waals surface area contributed by atoms with Crippen LogP contribution < -0.4 is 19.7 Å². The molecule has 1 N–H and O–H groups in total. The van der Waals surface area contributed by atoms with Crippen molar-refractivity contribution in [1.29, 1.82) is 0 Å². The second-order valence-corrected chi connectivity index (χ2v) is 6.64. The molecule has 9 heteroatoms. The number of carbonyl (C=O) groups is 2. The van der Waals surface area contributed by atoms with E-state index in [4.69, 9.17) is 9.47 Å². The van der Waals surface area contributed by atoms with Gasteiger partial charge in [-0.1, -0.05) is 0 Å². The van der Waals surface area contributed by atoms with Gasteiger partial charge >= 0.3 is 0 Å². The summed E-state index contributed by atoms with van der Waals surface area (Å²) in [4.78, 5) is 37.2. The first-order valence-corrected chi connectivity index (χ1v) is 10.1. The van der Waals surface area contributed by atoms with E-state index in [1.54, 1.807) is 41.7 Å². The molecular weight excluding hydrogens is 386 g/mol. The first-order valence-electron chi connectivity index (χ1n) is 10.1. The molecule has 0 bridgehead atoms. The van der Waals surface area contributed by atoms with E-state index in [2.05, 4.69) is 20.2 Å². The highest BCUT2D eigenvalue weighted by Crippen LogP contribution is 2.28. The second kappa shape index (κ2) is 10.4. The molecule has 9 nitrogen and oxygen atoms in total. The van der Waals surface area contributed by atoms with E-state index >= 15 is 0 Å². The number of nitrogens with zero attached hydrogens (tertiary/aromatic N) is 4. The smallest absolute Gasteiger partial charge is 0.251 e. The van der Waals surface area contributed by atoms with Gasteiger partial charge in [0.15, 0.2) is 11.5 Å². The first-order chi connectivity index (χ1) is 14.6. The molecule has 1 fully saturated rings. The van der Waals surface area contributed by atoms with Crippen molar-refractivity contribution in [2.24, 2.45) is 0 Å². The molecule has 1 aromatic heterocycles. The number of hydrogen-bond acceptors (Lipinski definition) is 7. The average molecular weight is 413 g/mol. The standard InChI is InChI=1S/C21H27N5O4/c1-3-29-17-6-5-16(13-18(17)30-4-2)21(28)24-15-20(27)26-11-9-25(10-12-26)19-14-22-7-8-23-19/h5-8,13-14H,3-4,9-12,15H2,1-2H3,(H,24,28). The molecule has 0 spiro atoms. The summed E-state index contributed by atoms with van der Waals surface area (Å²) in [6.07, 6.45) is 5.00. The third kappa shape index (κ3) is 5.37. The number of hydrogen-bond donors (Lipinski definition) is 1. The SMILES string of the molecule is CCOc1ccc(C(=O)NCC(=O)N2CCN(c3cnccn3)CC2)cc1OCC. The van der Waals surface area contributed by atoms with Crippen LogP contribution in [0.5, 0.6) is 11.5 Å². The van der Waals surface area contributed by atoms with Crippen molar-refractivity contribution in [3.63, 3.8) is 0 Å². The first kappa shape index (κ1) is 21.4. The zero-order valence-corrected chi connectivity index (χ0v) is 17.3. The van der Waals surface area contributed by atoms with Crippen LogP contribution in [0.15, 0.2) is 36.8 Å². The van der Waals surface area contributed by atoms with Crippen LogP contribution in [0.4, 0.5) is 5.82 Å². The second-order valence-electron chi connectivity index (χ2n) is 6.64. The fourth-order valence-corrected chi connectivity index (χ4v) is 3.20. The molecule has 1 aliphatic rings. The molecule has 0 aliphatic carbocycles. The number of anilines is 1. The summed E-state index contributed by atoms with van der Waals surface area (Å²) in [6, 6.07) is 5.00. The van der Waals surface area contributed by atoms with Gasteiger partial charge in [0.05, 0.1) is 26.0 Å². The third-order valence-electron chi connectivity index (χ3n) is 4.71. The molecule has 30 heavy (non-hydrogen) atoms. The normalized spacial score (nSPS) is 13.7. The van der Waals surface area contributed by atoms with Crippen LogP contribution in [0.3, 0.4) is 0 Å². The highest BCUT2D eigenvalue weighted by molar-refractivity contribution is 5.97. The van der Waals surface area contributed by atoms with Crippen LogP contribution in [0.25, 0.3) is 0 Å². The minimum Gasteiger partial charge on any atom is -0.490 e. The van der Waals surface area contributed by atoms with E-state index < -0.39 is 0 Å². The summed E-state index contributed by atoms with van der Waals surface area (Å²) in [5.74, 6) is 1.47. The molecule has 2 amide bonds. The number of piperazine rings is 1. The summed E-state index contributed by atoms with van der Waals surface area (Å²) in [7, 11) is 0. The molecule has 1 aliphatic heterocycles. The van der Waals surface area contributed by atoms with Crippen molar-refractivity contribution >= 4 is 17.6 Å². The fourth-order valence-electron chi connectivity index (χ4n) is 3.20. The molecular formula is C21H27N5O4. The summed E-state index contributed by atoms with van der Waals surface area (Å²) < 4.78 is 11.1. The van der Waals surface area contributed by atoms with Crippen molar-refractivity contribution in [2.45, 2.75) is 13.8 Å². The summed E-state index contributed by atoms with van der Waals surface area (Å²) in [5, 5.41) is 2.70. The quantitative estimate of drug-likeness (QED) is 0.698. The number of rotatable bonds is 8. The van der Waals surface area contributed by atoms with Gasteiger partial charge in [-0.05, 0) is 32.0 Å². The Kier molecular flexibility index (Phi) is 7.42. The van der Waals surface area contributed by atoms with Gasteiger partial charge in [-0.15, -0.1) is 0 Å². The van der Waals surface area contributed by atoms with Crippen LogP contribution in [-0.4, -0.2) is 72.6 Å². The lowest BCUT2D eigenvalue weighted by atomic mass is 10.2. The zero-order valence-electron chi connectivity index (χ0n) is 17.3. The number of nitrogens with one attached hydrogen (secondary N) is 1. The van der Waals surface area contributed by atoms with Crippen molar-refractivity contribution in [3.8, 4) is 11.5 Å². The Morgan fingerprint density at radius 1 is 1.03 bits per heavy atom. The Hall–Kier alpha value is -3.36. The van der Waals surface area contributed by atoms with E-state index in [1.165, 1.54) is 0 Å². The third-order valence-corrected chi connectivity index (χ3v) is 4.71. The van der Waals surface area contributed by atoms with Crippen molar-refractivity contribution in [1.82, 2.24) is 20.2 Å². The van der Waals surface area contributed by atoms with Crippen LogP contribution >= 0.6 is 0 Å². The van der Waals surface area contributed by atoms with Gasteiger partial charge in [0, 0.05) is 44.1 Å². The van der Waals surface area contributed by atoms with Crippen molar-refractivity contribution in [2.75, 3.05) is 50.8 Å². The van der Waals surface area contributed by atoms with Crippen LogP contribution in [0, 0.1) is 0 Å². The van der Waals surface area contributed by atoms with Crippen molar-refractivity contribution < 1.29 is 19.1 Å². The average Bonchev–Trinajstić information content (AvgIpc) is 2.79. The number of ether oxygens (including phenoxy) is 2. The lowest BCUT2D eigenvalue weighted by Crippen LogP contribution is -2.51. The molecule has 3 rings (SSSR count). The Morgan fingerprint density at radius 2 is 1.77 bits per heavy atom. The monoisotopic (exact) mass is 413 g/mol. The molecule has 1 saturated heterocycles. The largest absolute Gasteiger partial charge is 0.490 e. The Morgan fingerprint density at radius 3 is 2.43 bits per heavy atom. The Bertz CT molecular complexity index is 854. The molecule has 0 saturated carbocycles.